The Bertz CT molecular complexity index is 1090. The molecule has 0 aromatic heterocycles. The first-order valence-corrected chi connectivity index (χ1v) is 11.6. The van der Waals surface area contributed by atoms with Gasteiger partial charge < -0.3 is 20.1 Å². The van der Waals surface area contributed by atoms with E-state index in [9.17, 15) is 9.59 Å². The second-order valence-electron chi connectivity index (χ2n) is 6.42. The first-order valence-electron chi connectivity index (χ1n) is 9.16. The van der Waals surface area contributed by atoms with Crippen molar-refractivity contribution in [2.75, 3.05) is 18.5 Å². The normalized spacial score (nSPS) is 14.5. The molecule has 0 unspecified atom stereocenters. The average molecular weight is 542 g/mol. The minimum atomic E-state index is -0.340. The SMILES string of the molecule is CCOc1cc(/C=C2\SC(=S)NC2=O)cc(Br)c1OCC(=O)Nc1ccc(C)c(Cl)c1. The summed E-state index contributed by atoms with van der Waals surface area (Å²) in [6.07, 6.45) is 1.71. The van der Waals surface area contributed by atoms with Gasteiger partial charge in [0, 0.05) is 10.7 Å². The number of aryl methyl sites for hydroxylation is 1. The van der Waals surface area contributed by atoms with Gasteiger partial charge in [-0.15, -0.1) is 0 Å². The maximum Gasteiger partial charge on any atom is 0.263 e. The molecule has 0 aliphatic carbocycles. The van der Waals surface area contributed by atoms with Gasteiger partial charge in [0.05, 0.1) is 16.0 Å². The number of carbonyl (C=O) groups excluding carboxylic acids is 2. The second-order valence-corrected chi connectivity index (χ2v) is 9.40. The van der Waals surface area contributed by atoms with Crippen LogP contribution in [0.25, 0.3) is 6.08 Å². The lowest BCUT2D eigenvalue weighted by molar-refractivity contribution is -0.118. The molecule has 1 aliphatic rings. The molecular formula is C21H18BrClN2O4S2. The zero-order valence-electron chi connectivity index (χ0n) is 16.6. The van der Waals surface area contributed by atoms with Crippen molar-refractivity contribution < 1.29 is 19.1 Å². The molecule has 31 heavy (non-hydrogen) atoms. The monoisotopic (exact) mass is 540 g/mol. The molecule has 162 valence electrons. The molecule has 2 N–H and O–H groups in total. The van der Waals surface area contributed by atoms with E-state index < -0.39 is 0 Å². The van der Waals surface area contributed by atoms with Crippen LogP contribution < -0.4 is 20.1 Å². The van der Waals surface area contributed by atoms with Gasteiger partial charge in [-0.05, 0) is 71.2 Å². The van der Waals surface area contributed by atoms with Gasteiger partial charge >= 0.3 is 0 Å². The Balaban J connectivity index is 1.75. The standard InChI is InChI=1S/C21H18BrClN2O4S2/c1-3-28-16-7-12(8-17-20(27)25-21(30)31-17)6-14(22)19(16)29-10-18(26)24-13-5-4-11(2)15(23)9-13/h4-9H,3,10H2,1-2H3,(H,24,26)(H,25,27,30)/b17-8-. The number of anilines is 1. The molecule has 0 radical (unpaired) electrons. The van der Waals surface area contributed by atoms with E-state index in [4.69, 9.17) is 33.3 Å². The quantitative estimate of drug-likeness (QED) is 0.365. The Kier molecular flexibility index (Phi) is 7.99. The third-order valence-electron chi connectivity index (χ3n) is 4.07. The Morgan fingerprint density at radius 2 is 2.10 bits per heavy atom. The van der Waals surface area contributed by atoms with Crippen molar-refractivity contribution in [3.63, 3.8) is 0 Å². The smallest absolute Gasteiger partial charge is 0.263 e. The van der Waals surface area contributed by atoms with E-state index in [1.165, 1.54) is 11.8 Å². The van der Waals surface area contributed by atoms with E-state index in [1.807, 2.05) is 19.9 Å². The molecule has 2 aromatic carbocycles. The fourth-order valence-corrected chi connectivity index (χ4v) is 4.45. The van der Waals surface area contributed by atoms with Crippen LogP contribution in [0.1, 0.15) is 18.1 Å². The van der Waals surface area contributed by atoms with E-state index in [1.54, 1.807) is 30.3 Å². The minimum Gasteiger partial charge on any atom is -0.490 e. The van der Waals surface area contributed by atoms with Crippen molar-refractivity contribution in [3.8, 4) is 11.5 Å². The van der Waals surface area contributed by atoms with Gasteiger partial charge in [-0.1, -0.05) is 41.6 Å². The lowest BCUT2D eigenvalue weighted by Gasteiger charge is -2.15. The van der Waals surface area contributed by atoms with Gasteiger partial charge in [-0.25, -0.2) is 0 Å². The van der Waals surface area contributed by atoms with Crippen molar-refractivity contribution in [1.29, 1.82) is 0 Å². The highest BCUT2D eigenvalue weighted by Crippen LogP contribution is 2.38. The largest absolute Gasteiger partial charge is 0.490 e. The van der Waals surface area contributed by atoms with E-state index >= 15 is 0 Å². The molecule has 0 spiro atoms. The van der Waals surface area contributed by atoms with E-state index in [-0.39, 0.29) is 18.4 Å². The number of carbonyl (C=O) groups is 2. The van der Waals surface area contributed by atoms with Crippen molar-refractivity contribution >= 4 is 79.4 Å². The highest BCUT2D eigenvalue weighted by molar-refractivity contribution is 9.10. The minimum absolute atomic E-state index is 0.225. The van der Waals surface area contributed by atoms with Crippen LogP contribution in [0.3, 0.4) is 0 Å². The topological polar surface area (TPSA) is 76.7 Å². The molecule has 0 saturated carbocycles. The van der Waals surface area contributed by atoms with Gasteiger partial charge in [0.2, 0.25) is 0 Å². The van der Waals surface area contributed by atoms with Crippen LogP contribution >= 0.6 is 51.5 Å². The zero-order valence-corrected chi connectivity index (χ0v) is 20.6. The fourth-order valence-electron chi connectivity index (χ4n) is 2.65. The summed E-state index contributed by atoms with van der Waals surface area (Å²) in [6, 6.07) is 8.79. The third-order valence-corrected chi connectivity index (χ3v) is 6.23. The predicted molar refractivity (Wildman–Crippen MR) is 132 cm³/mol. The molecule has 6 nitrogen and oxygen atoms in total. The summed E-state index contributed by atoms with van der Waals surface area (Å²) in [5, 5.41) is 5.89. The maximum absolute atomic E-state index is 12.3. The van der Waals surface area contributed by atoms with Gasteiger partial charge in [0.1, 0.15) is 4.32 Å². The van der Waals surface area contributed by atoms with E-state index in [0.717, 1.165) is 11.1 Å². The molecule has 10 heteroatoms. The highest BCUT2D eigenvalue weighted by atomic mass is 79.9. The number of halogens is 2. The number of benzene rings is 2. The van der Waals surface area contributed by atoms with Crippen molar-refractivity contribution in [2.24, 2.45) is 0 Å². The number of hydrogen-bond acceptors (Lipinski definition) is 6. The van der Waals surface area contributed by atoms with Crippen molar-refractivity contribution in [1.82, 2.24) is 5.32 Å². The molecule has 0 atom stereocenters. The molecule has 1 saturated heterocycles. The van der Waals surface area contributed by atoms with E-state index in [0.29, 0.717) is 42.5 Å². The summed E-state index contributed by atoms with van der Waals surface area (Å²) in [5.74, 6) is 0.256. The molecule has 2 amide bonds. The zero-order chi connectivity index (χ0) is 22.5. The first-order chi connectivity index (χ1) is 14.8. The second kappa shape index (κ2) is 10.5. The molecule has 1 heterocycles. The summed E-state index contributed by atoms with van der Waals surface area (Å²) in [7, 11) is 0. The van der Waals surface area contributed by atoms with Crippen LogP contribution in [-0.2, 0) is 9.59 Å². The van der Waals surface area contributed by atoms with Crippen LogP contribution in [0, 0.1) is 6.92 Å². The fraction of sp³-hybridized carbons (Fsp3) is 0.190. The van der Waals surface area contributed by atoms with Crippen LogP contribution in [0.5, 0.6) is 11.5 Å². The third kappa shape index (κ3) is 6.22. The molecule has 2 aromatic rings. The number of nitrogens with one attached hydrogen (secondary N) is 2. The van der Waals surface area contributed by atoms with Gasteiger partial charge in [-0.3, -0.25) is 9.59 Å². The Morgan fingerprint density at radius 1 is 1.32 bits per heavy atom. The predicted octanol–water partition coefficient (Wildman–Crippen LogP) is 5.32. The number of thioether (sulfide) groups is 1. The molecule has 3 rings (SSSR count). The highest BCUT2D eigenvalue weighted by Gasteiger charge is 2.22. The van der Waals surface area contributed by atoms with Crippen LogP contribution in [0.2, 0.25) is 5.02 Å². The molecule has 1 aliphatic heterocycles. The lowest BCUT2D eigenvalue weighted by atomic mass is 10.2. The van der Waals surface area contributed by atoms with Gasteiger partial charge in [-0.2, -0.15) is 0 Å². The Labute approximate surface area is 202 Å². The van der Waals surface area contributed by atoms with Crippen LogP contribution in [-0.4, -0.2) is 29.3 Å². The molecule has 0 bridgehead atoms. The van der Waals surface area contributed by atoms with Crippen LogP contribution in [0.15, 0.2) is 39.7 Å². The summed E-state index contributed by atoms with van der Waals surface area (Å²) < 4.78 is 12.4. The first kappa shape index (κ1) is 23.6. The maximum atomic E-state index is 12.3. The molecular weight excluding hydrogens is 524 g/mol. The molecule has 1 fully saturated rings. The summed E-state index contributed by atoms with van der Waals surface area (Å²) >= 11 is 15.8. The van der Waals surface area contributed by atoms with Gasteiger partial charge in [0.25, 0.3) is 11.8 Å². The summed E-state index contributed by atoms with van der Waals surface area (Å²) in [5.41, 5.74) is 2.23. The Morgan fingerprint density at radius 3 is 2.74 bits per heavy atom. The van der Waals surface area contributed by atoms with Crippen molar-refractivity contribution in [2.45, 2.75) is 13.8 Å². The van der Waals surface area contributed by atoms with Crippen molar-refractivity contribution in [3.05, 3.63) is 55.9 Å². The average Bonchev–Trinajstić information content (AvgIpc) is 3.01. The lowest BCUT2D eigenvalue weighted by Crippen LogP contribution is -2.20. The summed E-state index contributed by atoms with van der Waals surface area (Å²) in [6.45, 7) is 3.90. The summed E-state index contributed by atoms with van der Waals surface area (Å²) in [4.78, 5) is 24.7. The number of ether oxygens (including phenoxy) is 2. The number of thiocarbonyl (C=S) groups is 1. The number of hydrogen-bond donors (Lipinski definition) is 2. The van der Waals surface area contributed by atoms with E-state index in [2.05, 4.69) is 26.6 Å². The number of amides is 2. The van der Waals surface area contributed by atoms with Gasteiger partial charge in [0.15, 0.2) is 18.1 Å². The number of rotatable bonds is 7. The Hall–Kier alpha value is -2.07. The van der Waals surface area contributed by atoms with Crippen LogP contribution in [0.4, 0.5) is 5.69 Å².